The van der Waals surface area contributed by atoms with Gasteiger partial charge in [0.05, 0.1) is 18.3 Å². The summed E-state index contributed by atoms with van der Waals surface area (Å²) in [5.41, 5.74) is 4.17. The number of phenolic OH excluding ortho intramolecular Hbond substituents is 1. The Hall–Kier alpha value is -2.73. The van der Waals surface area contributed by atoms with Gasteiger partial charge in [-0.3, -0.25) is 4.79 Å². The van der Waals surface area contributed by atoms with Crippen LogP contribution in [-0.2, 0) is 4.79 Å². The third-order valence-electron chi connectivity index (χ3n) is 4.10. The van der Waals surface area contributed by atoms with E-state index in [0.29, 0.717) is 17.2 Å². The Morgan fingerprint density at radius 1 is 1.33 bits per heavy atom. The first kappa shape index (κ1) is 20.6. The van der Waals surface area contributed by atoms with Crippen LogP contribution in [-0.4, -0.2) is 30.9 Å². The van der Waals surface area contributed by atoms with Gasteiger partial charge in [-0.1, -0.05) is 37.6 Å². The first-order valence-corrected chi connectivity index (χ1v) is 8.93. The average Bonchev–Trinajstić information content (AvgIpc) is 2.68. The summed E-state index contributed by atoms with van der Waals surface area (Å²) >= 11 is 5.90. The highest BCUT2D eigenvalue weighted by Crippen LogP contribution is 2.34. The van der Waals surface area contributed by atoms with Gasteiger partial charge in [0.25, 0.3) is 5.91 Å². The van der Waals surface area contributed by atoms with Crippen LogP contribution in [0.1, 0.15) is 37.3 Å². The lowest BCUT2D eigenvalue weighted by atomic mass is 9.99. The minimum Gasteiger partial charge on any atom is -0.503 e. The van der Waals surface area contributed by atoms with Gasteiger partial charge in [-0.25, -0.2) is 5.43 Å². The molecule has 0 saturated heterocycles. The molecule has 0 radical (unpaired) electrons. The number of phenols is 1. The van der Waals surface area contributed by atoms with E-state index in [1.54, 1.807) is 6.07 Å². The average molecular weight is 391 g/mol. The molecule has 0 fully saturated rings. The number of benzene rings is 2. The fourth-order valence-corrected chi connectivity index (χ4v) is 2.53. The monoisotopic (exact) mass is 390 g/mol. The second-order valence-electron chi connectivity index (χ2n) is 6.01. The van der Waals surface area contributed by atoms with Gasteiger partial charge in [-0.15, -0.1) is 0 Å². The minimum atomic E-state index is -0.394. The van der Waals surface area contributed by atoms with Gasteiger partial charge in [0, 0.05) is 0 Å². The third kappa shape index (κ3) is 5.89. The Labute approximate surface area is 163 Å². The number of halogens is 1. The highest BCUT2D eigenvalue weighted by Gasteiger charge is 2.08. The van der Waals surface area contributed by atoms with Crippen LogP contribution in [0.5, 0.6) is 17.2 Å². The summed E-state index contributed by atoms with van der Waals surface area (Å²) in [5.74, 6) is 0.793. The molecule has 2 aromatic carbocycles. The molecule has 0 aliphatic heterocycles. The number of carbonyl (C=O) groups is 1. The number of nitrogens with zero attached hydrogens (tertiary/aromatic N) is 1. The van der Waals surface area contributed by atoms with Crippen molar-refractivity contribution < 1.29 is 19.4 Å². The van der Waals surface area contributed by atoms with Gasteiger partial charge in [0.2, 0.25) is 0 Å². The van der Waals surface area contributed by atoms with Crippen LogP contribution in [0.4, 0.5) is 0 Å². The number of hydrogen-bond donors (Lipinski definition) is 2. The maximum absolute atomic E-state index is 11.8. The Morgan fingerprint density at radius 3 is 2.67 bits per heavy atom. The summed E-state index contributed by atoms with van der Waals surface area (Å²) in [6.45, 7) is 4.15. The molecular formula is C20H23ClN2O4. The highest BCUT2D eigenvalue weighted by molar-refractivity contribution is 6.32. The molecule has 0 saturated carbocycles. The van der Waals surface area contributed by atoms with Crippen LogP contribution >= 0.6 is 11.6 Å². The standard InChI is InChI=1S/C20H23ClN2O4/c1-4-13(2)15-5-7-16(8-6-15)27-12-19(24)23-22-11-14-9-17(21)20(25)18(10-14)26-3/h5-11,13,25H,4,12H2,1-3H3,(H,23,24)/b22-11+/t13-/m0/s1. The third-order valence-corrected chi connectivity index (χ3v) is 4.39. The molecule has 2 aromatic rings. The van der Waals surface area contributed by atoms with Crippen LogP contribution in [0.2, 0.25) is 5.02 Å². The lowest BCUT2D eigenvalue weighted by Crippen LogP contribution is -2.24. The smallest absolute Gasteiger partial charge is 0.277 e. The molecule has 2 N–H and O–H groups in total. The van der Waals surface area contributed by atoms with E-state index in [2.05, 4.69) is 24.4 Å². The van der Waals surface area contributed by atoms with Gasteiger partial charge in [0.1, 0.15) is 5.75 Å². The van der Waals surface area contributed by atoms with Gasteiger partial charge in [0.15, 0.2) is 18.1 Å². The SMILES string of the molecule is CC[C@H](C)c1ccc(OCC(=O)N/N=C/c2cc(Cl)c(O)c(OC)c2)cc1. The van der Waals surface area contributed by atoms with E-state index in [1.165, 1.54) is 25.0 Å². The molecule has 1 atom stereocenters. The van der Waals surface area contributed by atoms with E-state index in [0.717, 1.165) is 6.42 Å². The largest absolute Gasteiger partial charge is 0.503 e. The van der Waals surface area contributed by atoms with Gasteiger partial charge < -0.3 is 14.6 Å². The van der Waals surface area contributed by atoms with E-state index in [9.17, 15) is 9.90 Å². The quantitative estimate of drug-likeness (QED) is 0.525. The number of carbonyl (C=O) groups excluding carboxylic acids is 1. The number of hydrazone groups is 1. The number of amides is 1. The molecule has 2 rings (SSSR count). The molecule has 0 heterocycles. The summed E-state index contributed by atoms with van der Waals surface area (Å²) in [5, 5.41) is 13.7. The lowest BCUT2D eigenvalue weighted by Gasteiger charge is -2.10. The number of nitrogens with one attached hydrogen (secondary N) is 1. The van der Waals surface area contributed by atoms with Gasteiger partial charge in [-0.05, 0) is 47.7 Å². The molecular weight excluding hydrogens is 368 g/mol. The molecule has 6 nitrogen and oxygen atoms in total. The van der Waals surface area contributed by atoms with Crippen molar-refractivity contribution in [2.45, 2.75) is 26.2 Å². The minimum absolute atomic E-state index is 0.131. The predicted molar refractivity (Wildman–Crippen MR) is 106 cm³/mol. The number of ether oxygens (including phenoxy) is 2. The van der Waals surface area contributed by atoms with Crippen molar-refractivity contribution in [2.24, 2.45) is 5.10 Å². The summed E-state index contributed by atoms with van der Waals surface area (Å²) in [6, 6.07) is 10.8. The zero-order valence-corrected chi connectivity index (χ0v) is 16.3. The fraction of sp³-hybridized carbons (Fsp3) is 0.300. The summed E-state index contributed by atoms with van der Waals surface area (Å²) in [7, 11) is 1.42. The van der Waals surface area contributed by atoms with Gasteiger partial charge in [-0.2, -0.15) is 5.10 Å². The van der Waals surface area contributed by atoms with Crippen molar-refractivity contribution in [3.05, 3.63) is 52.5 Å². The number of hydrogen-bond acceptors (Lipinski definition) is 5. The van der Waals surface area contributed by atoms with E-state index in [1.807, 2.05) is 24.3 Å². The van der Waals surface area contributed by atoms with Crippen LogP contribution < -0.4 is 14.9 Å². The van der Waals surface area contributed by atoms with Crippen LogP contribution in [0, 0.1) is 0 Å². The molecule has 0 bridgehead atoms. The second kappa shape index (κ2) is 9.83. The van der Waals surface area contributed by atoms with E-state index in [-0.39, 0.29) is 23.1 Å². The first-order valence-electron chi connectivity index (χ1n) is 8.55. The van der Waals surface area contributed by atoms with E-state index in [4.69, 9.17) is 21.1 Å². The summed E-state index contributed by atoms with van der Waals surface area (Å²) in [4.78, 5) is 11.8. The zero-order chi connectivity index (χ0) is 19.8. The maximum Gasteiger partial charge on any atom is 0.277 e. The number of methoxy groups -OCH3 is 1. The highest BCUT2D eigenvalue weighted by atomic mass is 35.5. The molecule has 0 aliphatic carbocycles. The number of rotatable bonds is 8. The molecule has 1 amide bonds. The summed E-state index contributed by atoms with van der Waals surface area (Å²) < 4.78 is 10.5. The first-order chi connectivity index (χ1) is 12.9. The predicted octanol–water partition coefficient (Wildman–Crippen LogP) is 4.10. The van der Waals surface area contributed by atoms with Crippen molar-refractivity contribution >= 4 is 23.7 Å². The Kier molecular flexibility index (Phi) is 7.49. The lowest BCUT2D eigenvalue weighted by molar-refractivity contribution is -0.123. The molecule has 0 unspecified atom stereocenters. The molecule has 7 heteroatoms. The van der Waals surface area contributed by atoms with Crippen molar-refractivity contribution in [3.63, 3.8) is 0 Å². The van der Waals surface area contributed by atoms with Gasteiger partial charge >= 0.3 is 0 Å². The zero-order valence-electron chi connectivity index (χ0n) is 15.5. The molecule has 0 spiro atoms. The molecule has 144 valence electrons. The fourth-order valence-electron chi connectivity index (χ4n) is 2.31. The van der Waals surface area contributed by atoms with E-state index >= 15 is 0 Å². The van der Waals surface area contributed by atoms with Crippen LogP contribution in [0.25, 0.3) is 0 Å². The molecule has 27 heavy (non-hydrogen) atoms. The summed E-state index contributed by atoms with van der Waals surface area (Å²) in [6.07, 6.45) is 2.46. The topological polar surface area (TPSA) is 80.2 Å². The van der Waals surface area contributed by atoms with Crippen molar-refractivity contribution in [1.82, 2.24) is 5.43 Å². The Balaban J connectivity index is 1.86. The van der Waals surface area contributed by atoms with Crippen LogP contribution in [0.3, 0.4) is 0 Å². The Bertz CT molecular complexity index is 806. The second-order valence-corrected chi connectivity index (χ2v) is 6.42. The number of aromatic hydroxyl groups is 1. The molecule has 0 aromatic heterocycles. The van der Waals surface area contributed by atoms with Crippen molar-refractivity contribution in [1.29, 1.82) is 0 Å². The normalized spacial score (nSPS) is 12.0. The maximum atomic E-state index is 11.8. The van der Waals surface area contributed by atoms with Crippen molar-refractivity contribution in [2.75, 3.05) is 13.7 Å². The van der Waals surface area contributed by atoms with Crippen molar-refractivity contribution in [3.8, 4) is 17.2 Å². The van der Waals surface area contributed by atoms with Crippen LogP contribution in [0.15, 0.2) is 41.5 Å². The van der Waals surface area contributed by atoms with E-state index < -0.39 is 5.91 Å². The Morgan fingerprint density at radius 2 is 2.04 bits per heavy atom. The molecule has 0 aliphatic rings.